The van der Waals surface area contributed by atoms with Gasteiger partial charge in [-0.25, -0.2) is 0 Å². The van der Waals surface area contributed by atoms with Gasteiger partial charge in [0.05, 0.1) is 7.11 Å². The number of ether oxygens (including phenoxy) is 1. The van der Waals surface area contributed by atoms with Crippen LogP contribution in [0.4, 0.5) is 5.69 Å². The molecule has 3 heteroatoms. The number of benzene rings is 1. The molecular weight excluding hydrogens is 202 g/mol. The van der Waals surface area contributed by atoms with Crippen molar-refractivity contribution in [2.24, 2.45) is 0 Å². The molecule has 1 aromatic carbocycles. The van der Waals surface area contributed by atoms with Crippen molar-refractivity contribution >= 4 is 12.2 Å². The number of hydrogen-bond donors (Lipinski definition) is 1. The predicted octanol–water partition coefficient (Wildman–Crippen LogP) is 2.61. The van der Waals surface area contributed by atoms with E-state index < -0.39 is 0 Å². The Kier molecular flexibility index (Phi) is 5.40. The summed E-state index contributed by atoms with van der Waals surface area (Å²) in [6, 6.07) is 9.31. The third kappa shape index (κ3) is 3.57. The van der Waals surface area contributed by atoms with Crippen LogP contribution in [0.25, 0.3) is 0 Å². The van der Waals surface area contributed by atoms with Crippen molar-refractivity contribution in [2.45, 2.75) is 32.2 Å². The molecule has 1 aliphatic rings. The normalized spacial score (nSPS) is 17.2. The molecule has 0 bridgehead atoms. The van der Waals surface area contributed by atoms with Gasteiger partial charge in [-0.2, -0.15) is 0 Å². The van der Waals surface area contributed by atoms with E-state index in [9.17, 15) is 0 Å². The van der Waals surface area contributed by atoms with Crippen LogP contribution in [0.2, 0.25) is 0 Å². The molecule has 1 N–H and O–H groups in total. The van der Waals surface area contributed by atoms with E-state index in [1.165, 1.54) is 37.6 Å². The zero-order chi connectivity index (χ0) is 11.8. The molecule has 0 saturated carbocycles. The van der Waals surface area contributed by atoms with Gasteiger partial charge in [-0.15, -0.1) is 0 Å². The summed E-state index contributed by atoms with van der Waals surface area (Å²) in [5.41, 5.74) is 2.82. The lowest BCUT2D eigenvalue weighted by molar-refractivity contribution is -0.126. The molecule has 0 amide bonds. The maximum absolute atomic E-state index is 8.95. The Morgan fingerprint density at radius 1 is 1.50 bits per heavy atom. The second kappa shape index (κ2) is 6.88. The lowest BCUT2D eigenvalue weighted by Gasteiger charge is -2.25. The first kappa shape index (κ1) is 12.6. The Bertz CT molecular complexity index is 325. The number of methoxy groups -OCH3 is 1. The first-order valence-electron chi connectivity index (χ1n) is 5.62. The predicted molar refractivity (Wildman–Crippen MR) is 65.5 cm³/mol. The summed E-state index contributed by atoms with van der Waals surface area (Å²) in [6.45, 7) is 2.62. The van der Waals surface area contributed by atoms with Gasteiger partial charge in [-0.3, -0.25) is 4.79 Å². The van der Waals surface area contributed by atoms with Crippen LogP contribution in [0.15, 0.2) is 24.3 Å². The summed E-state index contributed by atoms with van der Waals surface area (Å²) in [5.74, 6) is 0. The number of carbonyl (C=O) groups is 1. The van der Waals surface area contributed by atoms with Crippen LogP contribution in [0.5, 0.6) is 0 Å². The maximum Gasteiger partial charge on any atom is 0.292 e. The second-order valence-electron chi connectivity index (χ2n) is 3.78. The first-order valence-corrected chi connectivity index (χ1v) is 5.62. The quantitative estimate of drug-likeness (QED) is 0.780. The van der Waals surface area contributed by atoms with Gasteiger partial charge < -0.3 is 10.1 Å². The maximum atomic E-state index is 8.95. The topological polar surface area (TPSA) is 38.3 Å². The van der Waals surface area contributed by atoms with Crippen LogP contribution in [0, 0.1) is 0 Å². The summed E-state index contributed by atoms with van der Waals surface area (Å²) in [6.07, 6.45) is 3.75. The molecule has 88 valence electrons. The van der Waals surface area contributed by atoms with Crippen LogP contribution in [-0.4, -0.2) is 19.6 Å². The van der Waals surface area contributed by atoms with Crippen molar-refractivity contribution in [3.8, 4) is 0 Å². The minimum atomic E-state index is 0.375. The van der Waals surface area contributed by atoms with Gasteiger partial charge in [-0.05, 0) is 30.9 Å². The molecule has 0 radical (unpaired) electrons. The highest BCUT2D eigenvalue weighted by molar-refractivity contribution is 5.53. The number of hydrogen-bond acceptors (Lipinski definition) is 3. The number of carbonyl (C=O) groups excluding carboxylic acids is 1. The van der Waals surface area contributed by atoms with E-state index in [-0.39, 0.29) is 0 Å². The van der Waals surface area contributed by atoms with Gasteiger partial charge >= 0.3 is 0 Å². The standard InChI is InChI=1S/C11H15N.C2H4O2/c1-2-10-8-7-9-5-3-4-6-11(9)12-10;1-4-2-3/h3-6,10,12H,2,7-8H2,1H3;2H,1H3. The van der Waals surface area contributed by atoms with Gasteiger partial charge in [0, 0.05) is 11.7 Å². The Balaban J connectivity index is 0.000000280. The van der Waals surface area contributed by atoms with Gasteiger partial charge in [0.2, 0.25) is 0 Å². The van der Waals surface area contributed by atoms with E-state index in [2.05, 4.69) is 41.2 Å². The van der Waals surface area contributed by atoms with E-state index in [0.29, 0.717) is 12.5 Å². The van der Waals surface area contributed by atoms with Crippen molar-refractivity contribution in [1.29, 1.82) is 0 Å². The number of aryl methyl sites for hydroxylation is 1. The summed E-state index contributed by atoms with van der Waals surface area (Å²) in [5, 5.41) is 3.55. The van der Waals surface area contributed by atoms with Crippen LogP contribution in [0.1, 0.15) is 25.3 Å². The van der Waals surface area contributed by atoms with Gasteiger partial charge in [-0.1, -0.05) is 25.1 Å². The highest BCUT2D eigenvalue weighted by Gasteiger charge is 2.14. The number of anilines is 1. The monoisotopic (exact) mass is 221 g/mol. The van der Waals surface area contributed by atoms with Crippen molar-refractivity contribution in [1.82, 2.24) is 0 Å². The number of fused-ring (bicyclic) bond motifs is 1. The minimum Gasteiger partial charge on any atom is -0.471 e. The average molecular weight is 221 g/mol. The van der Waals surface area contributed by atoms with Crippen molar-refractivity contribution < 1.29 is 9.53 Å². The van der Waals surface area contributed by atoms with Crippen molar-refractivity contribution in [3.63, 3.8) is 0 Å². The lowest BCUT2D eigenvalue weighted by Crippen LogP contribution is -2.24. The van der Waals surface area contributed by atoms with Crippen LogP contribution < -0.4 is 5.32 Å². The molecule has 0 spiro atoms. The highest BCUT2D eigenvalue weighted by atomic mass is 16.5. The molecule has 2 rings (SSSR count). The SMILES string of the molecule is CCC1CCc2ccccc2N1.COC=O. The van der Waals surface area contributed by atoms with E-state index in [1.807, 2.05) is 0 Å². The molecule has 3 nitrogen and oxygen atoms in total. The van der Waals surface area contributed by atoms with Crippen molar-refractivity contribution in [3.05, 3.63) is 29.8 Å². The zero-order valence-corrected chi connectivity index (χ0v) is 9.90. The van der Waals surface area contributed by atoms with E-state index in [4.69, 9.17) is 4.79 Å². The molecule has 1 unspecified atom stereocenters. The molecule has 1 aliphatic heterocycles. The lowest BCUT2D eigenvalue weighted by atomic mass is 9.97. The molecule has 16 heavy (non-hydrogen) atoms. The fraction of sp³-hybridized carbons (Fsp3) is 0.462. The fourth-order valence-corrected chi connectivity index (χ4v) is 1.81. The second-order valence-corrected chi connectivity index (χ2v) is 3.78. The van der Waals surface area contributed by atoms with Crippen LogP contribution >= 0.6 is 0 Å². The van der Waals surface area contributed by atoms with Crippen LogP contribution in [0.3, 0.4) is 0 Å². The van der Waals surface area contributed by atoms with E-state index in [0.717, 1.165) is 0 Å². The number of nitrogens with one attached hydrogen (secondary N) is 1. The van der Waals surface area contributed by atoms with Gasteiger partial charge in [0.1, 0.15) is 0 Å². The first-order chi connectivity index (χ1) is 7.81. The average Bonchev–Trinajstić information content (AvgIpc) is 2.38. The van der Waals surface area contributed by atoms with Gasteiger partial charge in [0.25, 0.3) is 6.47 Å². The third-order valence-electron chi connectivity index (χ3n) is 2.73. The van der Waals surface area contributed by atoms with E-state index >= 15 is 0 Å². The highest BCUT2D eigenvalue weighted by Crippen LogP contribution is 2.24. The molecule has 1 heterocycles. The molecule has 1 aromatic rings. The van der Waals surface area contributed by atoms with E-state index in [1.54, 1.807) is 0 Å². The summed E-state index contributed by atoms with van der Waals surface area (Å²) >= 11 is 0. The third-order valence-corrected chi connectivity index (χ3v) is 2.73. The Hall–Kier alpha value is -1.51. The summed E-state index contributed by atoms with van der Waals surface area (Å²) in [7, 11) is 1.31. The molecule has 0 aliphatic carbocycles. The Morgan fingerprint density at radius 3 is 2.81 bits per heavy atom. The molecule has 0 aromatic heterocycles. The number of rotatable bonds is 2. The Labute approximate surface area is 96.8 Å². The molecular formula is C13H19NO2. The zero-order valence-electron chi connectivity index (χ0n) is 9.90. The van der Waals surface area contributed by atoms with Gasteiger partial charge in [0.15, 0.2) is 0 Å². The molecule has 0 saturated heterocycles. The van der Waals surface area contributed by atoms with Crippen LogP contribution in [-0.2, 0) is 16.0 Å². The summed E-state index contributed by atoms with van der Waals surface area (Å²) < 4.78 is 3.86. The largest absolute Gasteiger partial charge is 0.471 e. The fourth-order valence-electron chi connectivity index (χ4n) is 1.81. The summed E-state index contributed by atoms with van der Waals surface area (Å²) in [4.78, 5) is 8.95. The Morgan fingerprint density at radius 2 is 2.19 bits per heavy atom. The smallest absolute Gasteiger partial charge is 0.292 e. The molecule has 1 atom stereocenters. The minimum absolute atomic E-state index is 0.375. The van der Waals surface area contributed by atoms with Crippen molar-refractivity contribution in [2.75, 3.05) is 12.4 Å². The number of para-hydroxylation sites is 1. The molecule has 0 fully saturated rings.